The Morgan fingerprint density at radius 3 is 2.63 bits per heavy atom. The van der Waals surface area contributed by atoms with Crippen LogP contribution < -0.4 is 0 Å². The summed E-state index contributed by atoms with van der Waals surface area (Å²) in [4.78, 5) is 16.8. The zero-order valence-corrected chi connectivity index (χ0v) is 15.3. The second kappa shape index (κ2) is 6.35. The molecule has 3 nitrogen and oxygen atoms in total. The van der Waals surface area contributed by atoms with E-state index in [1.54, 1.807) is 11.3 Å². The van der Waals surface area contributed by atoms with Gasteiger partial charge in [-0.1, -0.05) is 6.92 Å². The van der Waals surface area contributed by atoms with E-state index >= 15 is 0 Å². The van der Waals surface area contributed by atoms with Gasteiger partial charge >= 0.3 is 0 Å². The van der Waals surface area contributed by atoms with Crippen molar-refractivity contribution in [1.82, 2.24) is 9.80 Å². The second-order valence-electron chi connectivity index (χ2n) is 5.36. The average molecular weight is 410 g/mol. The fourth-order valence-electron chi connectivity index (χ4n) is 2.67. The van der Waals surface area contributed by atoms with Gasteiger partial charge in [0.25, 0.3) is 0 Å². The fourth-order valence-corrected chi connectivity index (χ4v) is 5.52. The molecule has 6 heteroatoms. The summed E-state index contributed by atoms with van der Waals surface area (Å²) in [5.41, 5.74) is 0.790. The Labute approximate surface area is 135 Å². The molecule has 1 saturated heterocycles. The number of likely N-dealkylation sites (tertiary alicyclic amines) is 1. The van der Waals surface area contributed by atoms with Crippen molar-refractivity contribution in [2.75, 3.05) is 33.7 Å². The van der Waals surface area contributed by atoms with Crippen molar-refractivity contribution >= 4 is 49.0 Å². The molecule has 0 aliphatic carbocycles. The van der Waals surface area contributed by atoms with Gasteiger partial charge in [-0.3, -0.25) is 9.69 Å². The summed E-state index contributed by atoms with van der Waals surface area (Å²) < 4.78 is 1.91. The molecule has 0 aromatic carbocycles. The number of likely N-dealkylation sites (N-methyl/N-ethyl adjacent to an activating group) is 1. The molecular weight excluding hydrogens is 392 g/mol. The summed E-state index contributed by atoms with van der Waals surface area (Å²) in [5, 5.41) is 0. The average Bonchev–Trinajstić information content (AvgIpc) is 2.81. The van der Waals surface area contributed by atoms with Crippen molar-refractivity contribution in [3.63, 3.8) is 0 Å². The fraction of sp³-hybridized carbons (Fsp3) is 0.615. The van der Waals surface area contributed by atoms with E-state index in [1.807, 2.05) is 6.07 Å². The number of Topliss-reactive ketones (excluding diaryl/α,β-unsaturated/α-hetero) is 1. The van der Waals surface area contributed by atoms with Crippen molar-refractivity contribution in [3.8, 4) is 0 Å². The minimum atomic E-state index is 0.195. The summed E-state index contributed by atoms with van der Waals surface area (Å²) in [7, 11) is 4.22. The van der Waals surface area contributed by atoms with Crippen LogP contribution in [0.2, 0.25) is 0 Å². The van der Waals surface area contributed by atoms with Crippen molar-refractivity contribution in [1.29, 1.82) is 0 Å². The Morgan fingerprint density at radius 2 is 2.16 bits per heavy atom. The summed E-state index contributed by atoms with van der Waals surface area (Å²) in [6.07, 6.45) is 0. The number of rotatable bonds is 4. The molecule has 2 atom stereocenters. The molecule has 0 N–H and O–H groups in total. The zero-order valence-electron chi connectivity index (χ0n) is 11.3. The van der Waals surface area contributed by atoms with E-state index in [0.29, 0.717) is 18.5 Å². The largest absolute Gasteiger partial charge is 0.305 e. The van der Waals surface area contributed by atoms with Gasteiger partial charge in [-0.2, -0.15) is 0 Å². The van der Waals surface area contributed by atoms with E-state index in [1.165, 1.54) is 0 Å². The molecular formula is C13H18Br2N2OS. The Kier molecular flexibility index (Phi) is 5.22. The minimum absolute atomic E-state index is 0.195. The highest BCUT2D eigenvalue weighted by molar-refractivity contribution is 9.12. The van der Waals surface area contributed by atoms with E-state index in [-0.39, 0.29) is 5.78 Å². The van der Waals surface area contributed by atoms with Crippen molar-refractivity contribution in [2.24, 2.45) is 5.92 Å². The third kappa shape index (κ3) is 3.67. The maximum absolute atomic E-state index is 12.3. The van der Waals surface area contributed by atoms with Crippen LogP contribution in [0.1, 0.15) is 17.3 Å². The normalized spacial score (nSPS) is 24.3. The first kappa shape index (κ1) is 15.6. The van der Waals surface area contributed by atoms with Gasteiger partial charge in [0.2, 0.25) is 0 Å². The van der Waals surface area contributed by atoms with Crippen LogP contribution in [0.15, 0.2) is 13.6 Å². The van der Waals surface area contributed by atoms with Crippen LogP contribution in [-0.2, 0) is 0 Å². The van der Waals surface area contributed by atoms with Crippen LogP contribution in [-0.4, -0.2) is 55.4 Å². The van der Waals surface area contributed by atoms with Crippen LogP contribution in [0, 0.1) is 5.92 Å². The summed E-state index contributed by atoms with van der Waals surface area (Å²) in [6.45, 7) is 4.74. The molecule has 0 saturated carbocycles. The smallest absolute Gasteiger partial charge is 0.178 e. The topological polar surface area (TPSA) is 23.6 Å². The Balaban J connectivity index is 1.99. The molecule has 1 aliphatic heterocycles. The van der Waals surface area contributed by atoms with E-state index < -0.39 is 0 Å². The highest BCUT2D eigenvalue weighted by atomic mass is 79.9. The van der Waals surface area contributed by atoms with Crippen LogP contribution in [0.4, 0.5) is 0 Å². The number of nitrogens with zero attached hydrogens (tertiary/aromatic N) is 2. The van der Waals surface area contributed by atoms with E-state index in [0.717, 1.165) is 26.2 Å². The number of thiophene rings is 1. The monoisotopic (exact) mass is 408 g/mol. The van der Waals surface area contributed by atoms with Gasteiger partial charge < -0.3 is 4.90 Å². The molecule has 2 heterocycles. The van der Waals surface area contributed by atoms with Crippen LogP contribution >= 0.6 is 43.2 Å². The molecule has 0 amide bonds. The standard InChI is InChI=1S/C13H18Br2N2OS/c1-8-5-17(6-10(8)16(2)3)7-11(18)9-4-12(14)19-13(9)15/h4,8,10H,5-7H2,1-3H3. The van der Waals surface area contributed by atoms with Crippen LogP contribution in [0.25, 0.3) is 0 Å². The SMILES string of the molecule is CC1CN(CC(=O)c2cc(Br)sc2Br)CC1N(C)C. The maximum atomic E-state index is 12.3. The van der Waals surface area contributed by atoms with Crippen LogP contribution in [0.5, 0.6) is 0 Å². The number of ketones is 1. The zero-order chi connectivity index (χ0) is 14.2. The van der Waals surface area contributed by atoms with Gasteiger partial charge in [0.1, 0.15) is 0 Å². The molecule has 1 aromatic rings. The van der Waals surface area contributed by atoms with Gasteiger partial charge in [-0.05, 0) is 57.9 Å². The number of hydrogen-bond acceptors (Lipinski definition) is 4. The van der Waals surface area contributed by atoms with Crippen molar-refractivity contribution < 1.29 is 4.79 Å². The molecule has 1 fully saturated rings. The Hall–Kier alpha value is 0.250. The van der Waals surface area contributed by atoms with Gasteiger partial charge in [0, 0.05) is 24.7 Å². The molecule has 1 aromatic heterocycles. The van der Waals surface area contributed by atoms with Crippen molar-refractivity contribution in [3.05, 3.63) is 19.2 Å². The second-order valence-corrected chi connectivity index (χ2v) is 9.11. The summed E-state index contributed by atoms with van der Waals surface area (Å²) in [5.74, 6) is 0.806. The summed E-state index contributed by atoms with van der Waals surface area (Å²) >= 11 is 8.42. The summed E-state index contributed by atoms with van der Waals surface area (Å²) in [6, 6.07) is 2.45. The first-order valence-corrected chi connectivity index (χ1v) is 8.65. The van der Waals surface area contributed by atoms with Gasteiger partial charge in [0.05, 0.1) is 14.1 Å². The highest BCUT2D eigenvalue weighted by Gasteiger charge is 2.32. The third-order valence-electron chi connectivity index (χ3n) is 3.64. The number of carbonyl (C=O) groups is 1. The maximum Gasteiger partial charge on any atom is 0.178 e. The lowest BCUT2D eigenvalue weighted by atomic mass is 10.1. The molecule has 106 valence electrons. The van der Waals surface area contributed by atoms with Gasteiger partial charge in [0.15, 0.2) is 5.78 Å². The predicted molar refractivity (Wildman–Crippen MR) is 87.1 cm³/mol. The first-order valence-electron chi connectivity index (χ1n) is 6.25. The molecule has 1 aliphatic rings. The van der Waals surface area contributed by atoms with Gasteiger partial charge in [-0.25, -0.2) is 0 Å². The molecule has 0 radical (unpaired) electrons. The Bertz CT molecular complexity index is 475. The van der Waals surface area contributed by atoms with Crippen molar-refractivity contribution in [2.45, 2.75) is 13.0 Å². The predicted octanol–water partition coefficient (Wildman–Crippen LogP) is 3.34. The molecule has 2 rings (SSSR count). The third-order valence-corrected chi connectivity index (χ3v) is 5.98. The lowest BCUT2D eigenvalue weighted by Gasteiger charge is -2.22. The molecule has 2 unspecified atom stereocenters. The Morgan fingerprint density at radius 1 is 1.47 bits per heavy atom. The number of halogens is 2. The lowest BCUT2D eigenvalue weighted by Crippen LogP contribution is -2.35. The first-order chi connectivity index (χ1) is 8.88. The highest BCUT2D eigenvalue weighted by Crippen LogP contribution is 2.32. The number of carbonyl (C=O) groups excluding carboxylic acids is 1. The molecule has 0 bridgehead atoms. The van der Waals surface area contributed by atoms with Gasteiger partial charge in [-0.15, -0.1) is 11.3 Å². The quantitative estimate of drug-likeness (QED) is 0.712. The minimum Gasteiger partial charge on any atom is -0.305 e. The molecule has 19 heavy (non-hydrogen) atoms. The lowest BCUT2D eigenvalue weighted by molar-refractivity contribution is 0.0941. The van der Waals surface area contributed by atoms with Crippen LogP contribution in [0.3, 0.4) is 0 Å². The van der Waals surface area contributed by atoms with E-state index in [4.69, 9.17) is 0 Å². The van der Waals surface area contributed by atoms with E-state index in [2.05, 4.69) is 62.7 Å². The van der Waals surface area contributed by atoms with E-state index in [9.17, 15) is 4.79 Å². The number of hydrogen-bond donors (Lipinski definition) is 0. The molecule has 0 spiro atoms.